The van der Waals surface area contributed by atoms with Crippen molar-refractivity contribution in [2.45, 2.75) is 0 Å². The quantitative estimate of drug-likeness (QED) is 0.618. The van der Waals surface area contributed by atoms with Gasteiger partial charge in [0.2, 0.25) is 0 Å². The number of methoxy groups -OCH3 is 2. The number of hydrogen-bond acceptors (Lipinski definition) is 4. The maximum Gasteiger partial charge on any atom is 0.189 e. The van der Waals surface area contributed by atoms with Crippen LogP contribution in [0, 0.1) is 0 Å². The van der Waals surface area contributed by atoms with E-state index in [4.69, 9.17) is 14.2 Å². The molecule has 4 nitrogen and oxygen atoms in total. The molecule has 0 bridgehead atoms. The average Bonchev–Trinajstić information content (AvgIpc) is 2.65. The lowest BCUT2D eigenvalue weighted by Crippen LogP contribution is -2.06. The van der Waals surface area contributed by atoms with Crippen LogP contribution in [0.3, 0.4) is 0 Å². The van der Waals surface area contributed by atoms with Crippen molar-refractivity contribution in [3.05, 3.63) is 71.3 Å². The summed E-state index contributed by atoms with van der Waals surface area (Å²) in [6, 6.07) is 12.8. The molecule has 4 heteroatoms. The van der Waals surface area contributed by atoms with E-state index in [1.807, 2.05) is 36.4 Å². The molecule has 0 spiro atoms. The first-order chi connectivity index (χ1) is 11.7. The van der Waals surface area contributed by atoms with Gasteiger partial charge < -0.3 is 14.2 Å². The molecule has 1 heterocycles. The van der Waals surface area contributed by atoms with Crippen molar-refractivity contribution in [2.75, 3.05) is 20.8 Å². The molecule has 0 amide bonds. The molecule has 0 saturated heterocycles. The third-order valence-electron chi connectivity index (χ3n) is 3.77. The molecule has 3 rings (SSSR count). The molecule has 2 aromatic carbocycles. The van der Waals surface area contributed by atoms with Gasteiger partial charge in [-0.1, -0.05) is 18.2 Å². The zero-order valence-corrected chi connectivity index (χ0v) is 13.6. The van der Waals surface area contributed by atoms with Gasteiger partial charge in [0, 0.05) is 5.56 Å². The molecular weight excluding hydrogens is 304 g/mol. The Morgan fingerprint density at radius 3 is 2.75 bits per heavy atom. The summed E-state index contributed by atoms with van der Waals surface area (Å²) in [4.78, 5) is 12.4. The molecule has 0 atom stereocenters. The van der Waals surface area contributed by atoms with E-state index in [9.17, 15) is 4.79 Å². The SMILES string of the molecule is COc1ccc2c(c1)C=C(/C=C/C(=O)c1ccccc1OC)CO2. The summed E-state index contributed by atoms with van der Waals surface area (Å²) < 4.78 is 16.2. The van der Waals surface area contributed by atoms with E-state index in [1.165, 1.54) is 6.08 Å². The maximum atomic E-state index is 12.4. The molecule has 0 N–H and O–H groups in total. The molecule has 0 fully saturated rings. The van der Waals surface area contributed by atoms with Crippen LogP contribution in [0.4, 0.5) is 0 Å². The Hall–Kier alpha value is -3.01. The molecular formula is C20H18O4. The highest BCUT2D eigenvalue weighted by atomic mass is 16.5. The highest BCUT2D eigenvalue weighted by Crippen LogP contribution is 2.30. The number of para-hydroxylation sites is 1. The van der Waals surface area contributed by atoms with Gasteiger partial charge in [-0.25, -0.2) is 0 Å². The van der Waals surface area contributed by atoms with Gasteiger partial charge in [0.25, 0.3) is 0 Å². The van der Waals surface area contributed by atoms with Crippen molar-refractivity contribution in [1.29, 1.82) is 0 Å². The summed E-state index contributed by atoms with van der Waals surface area (Å²) in [5.74, 6) is 2.04. The predicted octanol–water partition coefficient (Wildman–Crippen LogP) is 3.92. The van der Waals surface area contributed by atoms with Crippen LogP contribution in [0.2, 0.25) is 0 Å². The zero-order valence-electron chi connectivity index (χ0n) is 13.6. The fourth-order valence-electron chi connectivity index (χ4n) is 2.52. The molecule has 1 aliphatic rings. The van der Waals surface area contributed by atoms with E-state index < -0.39 is 0 Å². The minimum atomic E-state index is -0.107. The Labute approximate surface area is 141 Å². The Kier molecular flexibility index (Phi) is 4.66. The number of carbonyl (C=O) groups excluding carboxylic acids is 1. The molecule has 0 aromatic heterocycles. The number of carbonyl (C=O) groups is 1. The van der Waals surface area contributed by atoms with Crippen LogP contribution in [0.15, 0.2) is 60.2 Å². The van der Waals surface area contributed by atoms with E-state index in [1.54, 1.807) is 32.4 Å². The summed E-state index contributed by atoms with van der Waals surface area (Å²) in [7, 11) is 3.18. The highest BCUT2D eigenvalue weighted by molar-refractivity contribution is 6.06. The molecule has 0 aliphatic carbocycles. The van der Waals surface area contributed by atoms with Crippen LogP contribution >= 0.6 is 0 Å². The van der Waals surface area contributed by atoms with E-state index in [0.717, 1.165) is 22.6 Å². The molecule has 1 aliphatic heterocycles. The standard InChI is InChI=1S/C20H18O4/c1-22-16-8-10-19-15(12-16)11-14(13-24-19)7-9-18(21)17-5-3-4-6-20(17)23-2/h3-12H,13H2,1-2H3/b9-7+. The Balaban J connectivity index is 1.81. The van der Waals surface area contributed by atoms with Gasteiger partial charge in [0.15, 0.2) is 5.78 Å². The van der Waals surface area contributed by atoms with Crippen molar-refractivity contribution in [1.82, 2.24) is 0 Å². The Morgan fingerprint density at radius 1 is 1.12 bits per heavy atom. The number of ketones is 1. The lowest BCUT2D eigenvalue weighted by molar-refractivity contribution is 0.104. The van der Waals surface area contributed by atoms with Crippen molar-refractivity contribution < 1.29 is 19.0 Å². The number of rotatable bonds is 5. The lowest BCUT2D eigenvalue weighted by Gasteiger charge is -2.16. The van der Waals surface area contributed by atoms with Gasteiger partial charge in [-0.05, 0) is 48.1 Å². The monoisotopic (exact) mass is 322 g/mol. The summed E-state index contributed by atoms with van der Waals surface area (Å²) in [6.07, 6.45) is 5.31. The maximum absolute atomic E-state index is 12.4. The average molecular weight is 322 g/mol. The number of allylic oxidation sites excluding steroid dienone is 1. The van der Waals surface area contributed by atoms with Crippen molar-refractivity contribution in [3.63, 3.8) is 0 Å². The number of benzene rings is 2. The van der Waals surface area contributed by atoms with Crippen LogP contribution in [0.1, 0.15) is 15.9 Å². The second kappa shape index (κ2) is 7.04. The fraction of sp³-hybridized carbons (Fsp3) is 0.150. The highest BCUT2D eigenvalue weighted by Gasteiger charge is 2.12. The normalized spacial score (nSPS) is 13.0. The van der Waals surface area contributed by atoms with E-state index >= 15 is 0 Å². The summed E-state index contributed by atoms with van der Waals surface area (Å²) in [5.41, 5.74) is 2.39. The van der Waals surface area contributed by atoms with Gasteiger partial charge in [-0.2, -0.15) is 0 Å². The summed E-state index contributed by atoms with van der Waals surface area (Å²) in [6.45, 7) is 0.426. The van der Waals surface area contributed by atoms with E-state index in [-0.39, 0.29) is 5.78 Å². The fourth-order valence-corrected chi connectivity index (χ4v) is 2.52. The number of ether oxygens (including phenoxy) is 3. The largest absolute Gasteiger partial charge is 0.497 e. The predicted molar refractivity (Wildman–Crippen MR) is 92.9 cm³/mol. The second-order valence-corrected chi connectivity index (χ2v) is 5.31. The van der Waals surface area contributed by atoms with Crippen LogP contribution in [-0.2, 0) is 0 Å². The Bertz CT molecular complexity index is 818. The van der Waals surface area contributed by atoms with Crippen molar-refractivity contribution in [3.8, 4) is 17.2 Å². The van der Waals surface area contributed by atoms with Gasteiger partial charge in [0.1, 0.15) is 23.9 Å². The molecule has 2 aromatic rings. The topological polar surface area (TPSA) is 44.8 Å². The van der Waals surface area contributed by atoms with Crippen LogP contribution in [0.5, 0.6) is 17.2 Å². The van der Waals surface area contributed by atoms with Crippen molar-refractivity contribution >= 4 is 11.9 Å². The lowest BCUT2D eigenvalue weighted by atomic mass is 10.0. The smallest absolute Gasteiger partial charge is 0.189 e. The minimum Gasteiger partial charge on any atom is -0.497 e. The summed E-state index contributed by atoms with van der Waals surface area (Å²) in [5, 5.41) is 0. The summed E-state index contributed by atoms with van der Waals surface area (Å²) >= 11 is 0. The van der Waals surface area contributed by atoms with E-state index in [2.05, 4.69) is 0 Å². The molecule has 122 valence electrons. The Morgan fingerprint density at radius 2 is 1.96 bits per heavy atom. The third kappa shape index (κ3) is 3.33. The van der Waals surface area contributed by atoms with Crippen LogP contribution < -0.4 is 14.2 Å². The van der Waals surface area contributed by atoms with Crippen molar-refractivity contribution in [2.24, 2.45) is 0 Å². The van der Waals surface area contributed by atoms with Gasteiger partial charge >= 0.3 is 0 Å². The molecule has 0 radical (unpaired) electrons. The minimum absolute atomic E-state index is 0.107. The molecule has 0 unspecified atom stereocenters. The van der Waals surface area contributed by atoms with Crippen LogP contribution in [-0.4, -0.2) is 26.6 Å². The zero-order chi connectivity index (χ0) is 16.9. The molecule has 24 heavy (non-hydrogen) atoms. The van der Waals surface area contributed by atoms with Gasteiger partial charge in [-0.3, -0.25) is 4.79 Å². The first-order valence-corrected chi connectivity index (χ1v) is 7.58. The number of hydrogen-bond donors (Lipinski definition) is 0. The number of fused-ring (bicyclic) bond motifs is 1. The molecule has 0 saturated carbocycles. The second-order valence-electron chi connectivity index (χ2n) is 5.31. The van der Waals surface area contributed by atoms with Gasteiger partial charge in [0.05, 0.1) is 19.8 Å². The third-order valence-corrected chi connectivity index (χ3v) is 3.77. The van der Waals surface area contributed by atoms with Gasteiger partial charge in [-0.15, -0.1) is 0 Å². The first-order valence-electron chi connectivity index (χ1n) is 7.58. The van der Waals surface area contributed by atoms with E-state index in [0.29, 0.717) is 17.9 Å². The van der Waals surface area contributed by atoms with Crippen LogP contribution in [0.25, 0.3) is 6.08 Å². The first kappa shape index (κ1) is 15.9.